The van der Waals surface area contributed by atoms with E-state index in [0.29, 0.717) is 18.7 Å². The molecule has 0 aromatic heterocycles. The van der Waals surface area contributed by atoms with Gasteiger partial charge in [0.15, 0.2) is 0 Å². The number of likely N-dealkylation sites (N-methyl/N-ethyl adjacent to an activating group) is 1. The summed E-state index contributed by atoms with van der Waals surface area (Å²) in [4.78, 5) is 16.1. The normalized spacial score (nSPS) is 22.7. The van der Waals surface area contributed by atoms with Crippen molar-refractivity contribution in [3.63, 3.8) is 0 Å². The van der Waals surface area contributed by atoms with Gasteiger partial charge in [0, 0.05) is 24.8 Å². The van der Waals surface area contributed by atoms with Gasteiger partial charge in [0.25, 0.3) is 0 Å². The van der Waals surface area contributed by atoms with Gasteiger partial charge in [-0.2, -0.15) is 0 Å². The van der Waals surface area contributed by atoms with E-state index >= 15 is 0 Å². The Morgan fingerprint density at radius 1 is 1.52 bits per heavy atom. The number of aliphatic hydroxyl groups excluding tert-OH is 1. The monoisotopic (exact) mass is 295 g/mol. The van der Waals surface area contributed by atoms with Crippen LogP contribution >= 0.6 is 0 Å². The summed E-state index contributed by atoms with van der Waals surface area (Å²) in [6.45, 7) is 1.49. The second kappa shape index (κ2) is 6.98. The number of β-amino-alcohol motifs (C(OH)–C–C–N with tert-alkyl or cyclic N) is 1. The van der Waals surface area contributed by atoms with E-state index in [-0.39, 0.29) is 24.3 Å². The summed E-state index contributed by atoms with van der Waals surface area (Å²) in [7, 11) is 3.94. The summed E-state index contributed by atoms with van der Waals surface area (Å²) in [6.07, 6.45) is 0.280. The number of carbonyl (C=O) groups is 1. The van der Waals surface area contributed by atoms with Crippen LogP contribution in [0.5, 0.6) is 0 Å². The van der Waals surface area contributed by atoms with Gasteiger partial charge in [0.1, 0.15) is 5.82 Å². The molecule has 5 nitrogen and oxygen atoms in total. The van der Waals surface area contributed by atoms with Crippen molar-refractivity contribution in [2.45, 2.75) is 18.6 Å². The molecule has 2 unspecified atom stereocenters. The van der Waals surface area contributed by atoms with E-state index in [0.717, 1.165) is 6.54 Å². The molecule has 0 saturated carbocycles. The first-order valence-electron chi connectivity index (χ1n) is 7.06. The van der Waals surface area contributed by atoms with Crippen LogP contribution in [-0.2, 0) is 4.79 Å². The van der Waals surface area contributed by atoms with Gasteiger partial charge in [0.2, 0.25) is 5.91 Å². The Labute approximate surface area is 124 Å². The average molecular weight is 295 g/mol. The predicted octanol–water partition coefficient (Wildman–Crippen LogP) is 0.761. The van der Waals surface area contributed by atoms with Gasteiger partial charge in [-0.25, -0.2) is 4.39 Å². The van der Waals surface area contributed by atoms with E-state index in [1.807, 2.05) is 23.9 Å². The van der Waals surface area contributed by atoms with Crippen LogP contribution in [0.3, 0.4) is 0 Å². The Morgan fingerprint density at radius 2 is 2.29 bits per heavy atom. The lowest BCUT2D eigenvalue weighted by atomic mass is 10.2. The van der Waals surface area contributed by atoms with Crippen molar-refractivity contribution in [1.82, 2.24) is 9.80 Å². The highest BCUT2D eigenvalue weighted by Gasteiger charge is 2.32. The van der Waals surface area contributed by atoms with Crippen LogP contribution in [0.15, 0.2) is 24.3 Å². The number of nitrogens with zero attached hydrogens (tertiary/aromatic N) is 2. The Morgan fingerprint density at radius 3 is 2.95 bits per heavy atom. The van der Waals surface area contributed by atoms with Crippen LogP contribution < -0.4 is 5.32 Å². The summed E-state index contributed by atoms with van der Waals surface area (Å²) >= 11 is 0. The number of hydrogen-bond donors (Lipinski definition) is 2. The minimum Gasteiger partial charge on any atom is -0.392 e. The number of anilines is 1. The smallest absolute Gasteiger partial charge is 0.238 e. The van der Waals surface area contributed by atoms with Crippen LogP contribution in [-0.4, -0.2) is 66.7 Å². The van der Waals surface area contributed by atoms with Crippen molar-refractivity contribution in [1.29, 1.82) is 0 Å². The van der Waals surface area contributed by atoms with E-state index in [2.05, 4.69) is 5.32 Å². The Hall–Kier alpha value is -1.50. The van der Waals surface area contributed by atoms with Crippen molar-refractivity contribution >= 4 is 11.6 Å². The second-order valence-corrected chi connectivity index (χ2v) is 5.79. The van der Waals surface area contributed by atoms with Crippen molar-refractivity contribution in [3.05, 3.63) is 30.1 Å². The van der Waals surface area contributed by atoms with E-state index in [1.165, 1.54) is 12.1 Å². The minimum absolute atomic E-state index is 0.160. The first kappa shape index (κ1) is 15.9. The first-order chi connectivity index (χ1) is 9.94. The van der Waals surface area contributed by atoms with Gasteiger partial charge in [-0.3, -0.25) is 9.69 Å². The van der Waals surface area contributed by atoms with E-state index in [1.54, 1.807) is 12.1 Å². The van der Waals surface area contributed by atoms with Crippen LogP contribution in [0.2, 0.25) is 0 Å². The van der Waals surface area contributed by atoms with Gasteiger partial charge < -0.3 is 15.3 Å². The molecule has 116 valence electrons. The van der Waals surface area contributed by atoms with Crippen LogP contribution in [0.4, 0.5) is 10.1 Å². The van der Waals surface area contributed by atoms with Crippen molar-refractivity contribution in [3.8, 4) is 0 Å². The lowest BCUT2D eigenvalue weighted by molar-refractivity contribution is -0.117. The lowest BCUT2D eigenvalue weighted by Gasteiger charge is -2.26. The standard InChI is InChI=1S/C15H22FN3O2/c1-18(2)8-13-7-14(20)9-19(13)10-15(21)17-12-5-3-4-11(16)6-12/h3-6,13-14,20H,7-10H2,1-2H3,(H,17,21). The summed E-state index contributed by atoms with van der Waals surface area (Å²) in [5.41, 5.74) is 0.448. The molecule has 1 heterocycles. The highest BCUT2D eigenvalue weighted by molar-refractivity contribution is 5.92. The fourth-order valence-corrected chi connectivity index (χ4v) is 2.71. The third-order valence-electron chi connectivity index (χ3n) is 3.54. The average Bonchev–Trinajstić information content (AvgIpc) is 2.68. The van der Waals surface area contributed by atoms with Crippen molar-refractivity contribution in [2.24, 2.45) is 0 Å². The van der Waals surface area contributed by atoms with Crippen molar-refractivity contribution in [2.75, 3.05) is 39.0 Å². The van der Waals surface area contributed by atoms with Crippen LogP contribution in [0.25, 0.3) is 0 Å². The number of aliphatic hydroxyl groups is 1. The zero-order chi connectivity index (χ0) is 15.4. The maximum atomic E-state index is 13.1. The third kappa shape index (κ3) is 4.77. The molecule has 0 spiro atoms. The van der Waals surface area contributed by atoms with Gasteiger partial charge >= 0.3 is 0 Å². The fraction of sp³-hybridized carbons (Fsp3) is 0.533. The lowest BCUT2D eigenvalue weighted by Crippen LogP contribution is -2.41. The quantitative estimate of drug-likeness (QED) is 0.842. The Balaban J connectivity index is 1.91. The number of benzene rings is 1. The number of likely N-dealkylation sites (tertiary alicyclic amines) is 1. The van der Waals surface area contributed by atoms with Crippen LogP contribution in [0, 0.1) is 5.82 Å². The molecule has 2 atom stereocenters. The van der Waals surface area contributed by atoms with Gasteiger partial charge in [-0.05, 0) is 38.7 Å². The van der Waals surface area contributed by atoms with E-state index in [9.17, 15) is 14.3 Å². The molecule has 1 aromatic carbocycles. The molecule has 1 fully saturated rings. The molecule has 2 N–H and O–H groups in total. The molecule has 6 heteroatoms. The summed E-state index contributed by atoms with van der Waals surface area (Å²) in [5, 5.41) is 12.5. The summed E-state index contributed by atoms with van der Waals surface area (Å²) in [6, 6.07) is 5.98. The van der Waals surface area contributed by atoms with Gasteiger partial charge in [-0.1, -0.05) is 6.07 Å². The summed E-state index contributed by atoms with van der Waals surface area (Å²) in [5.74, 6) is -0.576. The first-order valence-corrected chi connectivity index (χ1v) is 7.06. The van der Waals surface area contributed by atoms with Crippen LogP contribution in [0.1, 0.15) is 6.42 Å². The Kier molecular flexibility index (Phi) is 5.27. The number of hydrogen-bond acceptors (Lipinski definition) is 4. The van der Waals surface area contributed by atoms with E-state index in [4.69, 9.17) is 0 Å². The highest BCUT2D eigenvalue weighted by Crippen LogP contribution is 2.18. The number of nitrogens with one attached hydrogen (secondary N) is 1. The zero-order valence-corrected chi connectivity index (χ0v) is 12.4. The molecule has 1 aliphatic heterocycles. The Bertz CT molecular complexity index is 496. The number of halogens is 1. The molecule has 21 heavy (non-hydrogen) atoms. The fourth-order valence-electron chi connectivity index (χ4n) is 2.71. The molecular weight excluding hydrogens is 273 g/mol. The molecule has 2 rings (SSSR count). The van der Waals surface area contributed by atoms with Gasteiger partial charge in [-0.15, -0.1) is 0 Å². The number of rotatable bonds is 5. The minimum atomic E-state index is -0.392. The predicted molar refractivity (Wildman–Crippen MR) is 79.6 cm³/mol. The topological polar surface area (TPSA) is 55.8 Å². The molecule has 0 radical (unpaired) electrons. The maximum absolute atomic E-state index is 13.1. The largest absolute Gasteiger partial charge is 0.392 e. The third-order valence-corrected chi connectivity index (χ3v) is 3.54. The van der Waals surface area contributed by atoms with Gasteiger partial charge in [0.05, 0.1) is 12.6 Å². The molecule has 1 aromatic rings. The molecule has 1 amide bonds. The number of carbonyl (C=O) groups excluding carboxylic acids is 1. The summed E-state index contributed by atoms with van der Waals surface area (Å²) < 4.78 is 13.1. The number of amides is 1. The molecule has 1 saturated heterocycles. The molecule has 0 bridgehead atoms. The van der Waals surface area contributed by atoms with E-state index < -0.39 is 6.10 Å². The molecule has 1 aliphatic rings. The molecule has 0 aliphatic carbocycles. The maximum Gasteiger partial charge on any atom is 0.238 e. The van der Waals surface area contributed by atoms with Crippen molar-refractivity contribution < 1.29 is 14.3 Å². The highest BCUT2D eigenvalue weighted by atomic mass is 19.1. The molecular formula is C15H22FN3O2. The second-order valence-electron chi connectivity index (χ2n) is 5.79. The SMILES string of the molecule is CN(C)CC1CC(O)CN1CC(=O)Nc1cccc(F)c1. The zero-order valence-electron chi connectivity index (χ0n) is 12.4.